The van der Waals surface area contributed by atoms with Gasteiger partial charge in [0.2, 0.25) is 0 Å². The molecular weight excluding hydrogens is 390 g/mol. The zero-order valence-corrected chi connectivity index (χ0v) is 19.7. The fraction of sp³-hybridized carbons (Fsp3) is 0.708. The lowest BCUT2D eigenvalue weighted by molar-refractivity contribution is 0.166. The van der Waals surface area contributed by atoms with Crippen molar-refractivity contribution in [3.8, 4) is 5.75 Å². The number of nitrogens with zero attached hydrogens (tertiary/aromatic N) is 3. The van der Waals surface area contributed by atoms with Crippen LogP contribution >= 0.6 is 0 Å². The standard InChI is InChI=1S/C24H41N5O2/c1-20-6-7-22(23(16-20)31-19-21-8-15-30-18-21)17-27-24(25-2)26-9-4-11-29-12-5-10-28(3)13-14-29/h6-7,16,21H,4-5,8-15,17-19H2,1-3H3,(H2,25,26,27). The van der Waals surface area contributed by atoms with Gasteiger partial charge in [0.15, 0.2) is 5.96 Å². The van der Waals surface area contributed by atoms with Crippen molar-refractivity contribution < 1.29 is 9.47 Å². The number of aryl methyl sites for hydroxylation is 1. The minimum absolute atomic E-state index is 0.500. The van der Waals surface area contributed by atoms with Gasteiger partial charge in [-0.3, -0.25) is 4.99 Å². The van der Waals surface area contributed by atoms with E-state index in [0.717, 1.165) is 63.0 Å². The Morgan fingerprint density at radius 1 is 1.23 bits per heavy atom. The number of guanidine groups is 1. The third kappa shape index (κ3) is 8.31. The van der Waals surface area contributed by atoms with Gasteiger partial charge in [-0.25, -0.2) is 0 Å². The predicted molar refractivity (Wildman–Crippen MR) is 127 cm³/mol. The molecule has 7 nitrogen and oxygen atoms in total. The Bertz CT molecular complexity index is 691. The smallest absolute Gasteiger partial charge is 0.191 e. The van der Waals surface area contributed by atoms with Gasteiger partial charge >= 0.3 is 0 Å². The molecule has 0 aliphatic carbocycles. The first-order chi connectivity index (χ1) is 15.1. The Hall–Kier alpha value is -1.83. The maximum atomic E-state index is 6.16. The van der Waals surface area contributed by atoms with E-state index in [0.29, 0.717) is 12.5 Å². The quantitative estimate of drug-likeness (QED) is 0.355. The van der Waals surface area contributed by atoms with Gasteiger partial charge in [-0.2, -0.15) is 0 Å². The summed E-state index contributed by atoms with van der Waals surface area (Å²) in [6.07, 6.45) is 3.47. The molecule has 2 aliphatic heterocycles. The molecule has 0 saturated carbocycles. The van der Waals surface area contributed by atoms with E-state index in [1.165, 1.54) is 38.2 Å². The molecule has 2 fully saturated rings. The molecule has 1 unspecified atom stereocenters. The van der Waals surface area contributed by atoms with Gasteiger partial charge in [-0.15, -0.1) is 0 Å². The minimum atomic E-state index is 0.500. The molecule has 0 amide bonds. The van der Waals surface area contributed by atoms with E-state index in [4.69, 9.17) is 9.47 Å². The second-order valence-electron chi connectivity index (χ2n) is 8.86. The number of aliphatic imine (C=N–C) groups is 1. The molecule has 3 rings (SSSR count). The first-order valence-electron chi connectivity index (χ1n) is 11.8. The second-order valence-corrected chi connectivity index (χ2v) is 8.86. The molecule has 2 aliphatic rings. The van der Waals surface area contributed by atoms with Crippen LogP contribution in [-0.4, -0.2) is 88.9 Å². The van der Waals surface area contributed by atoms with Crippen molar-refractivity contribution in [2.75, 3.05) is 73.2 Å². The van der Waals surface area contributed by atoms with E-state index in [9.17, 15) is 0 Å². The highest BCUT2D eigenvalue weighted by molar-refractivity contribution is 5.79. The average Bonchev–Trinajstić information content (AvgIpc) is 3.21. The number of nitrogens with one attached hydrogen (secondary N) is 2. The van der Waals surface area contributed by atoms with Crippen LogP contribution in [0.1, 0.15) is 30.4 Å². The maximum absolute atomic E-state index is 6.16. The van der Waals surface area contributed by atoms with Crippen LogP contribution in [-0.2, 0) is 11.3 Å². The Morgan fingerprint density at radius 3 is 2.94 bits per heavy atom. The molecule has 0 aromatic heterocycles. The van der Waals surface area contributed by atoms with Gasteiger partial charge in [0.05, 0.1) is 13.2 Å². The van der Waals surface area contributed by atoms with Gasteiger partial charge < -0.3 is 29.9 Å². The lowest BCUT2D eigenvalue weighted by atomic mass is 10.1. The van der Waals surface area contributed by atoms with Crippen molar-refractivity contribution in [1.82, 2.24) is 20.4 Å². The molecule has 2 saturated heterocycles. The zero-order chi connectivity index (χ0) is 21.9. The van der Waals surface area contributed by atoms with E-state index in [1.54, 1.807) is 0 Å². The normalized spacial score (nSPS) is 21.1. The molecule has 0 radical (unpaired) electrons. The van der Waals surface area contributed by atoms with E-state index >= 15 is 0 Å². The van der Waals surface area contributed by atoms with Crippen LogP contribution in [0.15, 0.2) is 23.2 Å². The van der Waals surface area contributed by atoms with E-state index in [-0.39, 0.29) is 0 Å². The fourth-order valence-corrected chi connectivity index (χ4v) is 4.10. The summed E-state index contributed by atoms with van der Waals surface area (Å²) in [6, 6.07) is 6.41. The largest absolute Gasteiger partial charge is 0.493 e. The van der Waals surface area contributed by atoms with Crippen molar-refractivity contribution in [2.45, 2.75) is 32.7 Å². The van der Waals surface area contributed by atoms with Crippen LogP contribution in [0.25, 0.3) is 0 Å². The van der Waals surface area contributed by atoms with Crippen molar-refractivity contribution >= 4 is 5.96 Å². The molecule has 0 spiro atoms. The average molecular weight is 432 g/mol. The first kappa shape index (κ1) is 23.8. The van der Waals surface area contributed by atoms with Gasteiger partial charge in [-0.05, 0) is 64.5 Å². The lowest BCUT2D eigenvalue weighted by Crippen LogP contribution is -2.38. The summed E-state index contributed by atoms with van der Waals surface area (Å²) in [5.41, 5.74) is 2.37. The van der Waals surface area contributed by atoms with Crippen LogP contribution < -0.4 is 15.4 Å². The Balaban J connectivity index is 1.40. The van der Waals surface area contributed by atoms with Crippen LogP contribution in [0, 0.1) is 12.8 Å². The lowest BCUT2D eigenvalue weighted by Gasteiger charge is -2.20. The summed E-state index contributed by atoms with van der Waals surface area (Å²) in [4.78, 5) is 9.39. The molecular formula is C24H41N5O2. The first-order valence-corrected chi connectivity index (χ1v) is 11.8. The molecule has 2 N–H and O–H groups in total. The van der Waals surface area contributed by atoms with E-state index in [2.05, 4.69) is 57.6 Å². The number of hydrogen-bond donors (Lipinski definition) is 2. The third-order valence-corrected chi connectivity index (χ3v) is 6.15. The summed E-state index contributed by atoms with van der Waals surface area (Å²) >= 11 is 0. The number of likely N-dealkylation sites (N-methyl/N-ethyl adjacent to an activating group) is 1. The Morgan fingerprint density at radius 2 is 2.13 bits per heavy atom. The van der Waals surface area contributed by atoms with Crippen molar-refractivity contribution in [3.05, 3.63) is 29.3 Å². The van der Waals surface area contributed by atoms with Crippen molar-refractivity contribution in [1.29, 1.82) is 0 Å². The van der Waals surface area contributed by atoms with E-state index < -0.39 is 0 Å². The van der Waals surface area contributed by atoms with Gasteiger partial charge in [0, 0.05) is 51.3 Å². The van der Waals surface area contributed by atoms with Crippen LogP contribution in [0.4, 0.5) is 0 Å². The second kappa shape index (κ2) is 12.9. The monoisotopic (exact) mass is 431 g/mol. The van der Waals surface area contributed by atoms with Crippen LogP contribution in [0.5, 0.6) is 5.75 Å². The molecule has 2 heterocycles. The van der Waals surface area contributed by atoms with Gasteiger partial charge in [0.25, 0.3) is 0 Å². The molecule has 1 aromatic carbocycles. The summed E-state index contributed by atoms with van der Waals surface area (Å²) < 4.78 is 11.6. The topological polar surface area (TPSA) is 61.4 Å². The molecule has 1 aromatic rings. The summed E-state index contributed by atoms with van der Waals surface area (Å²) in [7, 11) is 4.04. The number of rotatable bonds is 9. The van der Waals surface area contributed by atoms with E-state index in [1.807, 2.05) is 7.05 Å². The Labute approximate surface area is 188 Å². The summed E-state index contributed by atoms with van der Waals surface area (Å²) in [5, 5.41) is 6.90. The highest BCUT2D eigenvalue weighted by atomic mass is 16.5. The number of ether oxygens (including phenoxy) is 2. The molecule has 31 heavy (non-hydrogen) atoms. The third-order valence-electron chi connectivity index (χ3n) is 6.15. The summed E-state index contributed by atoms with van der Waals surface area (Å²) in [6.45, 7) is 12.0. The molecule has 0 bridgehead atoms. The van der Waals surface area contributed by atoms with Crippen molar-refractivity contribution in [2.24, 2.45) is 10.9 Å². The summed E-state index contributed by atoms with van der Waals surface area (Å²) in [5.74, 6) is 2.30. The number of hydrogen-bond acceptors (Lipinski definition) is 5. The molecule has 174 valence electrons. The predicted octanol–water partition coefficient (Wildman–Crippen LogP) is 2.10. The fourth-order valence-electron chi connectivity index (χ4n) is 4.10. The molecule has 1 atom stereocenters. The zero-order valence-electron chi connectivity index (χ0n) is 19.7. The maximum Gasteiger partial charge on any atom is 0.191 e. The SMILES string of the molecule is CN=C(NCCCN1CCCN(C)CC1)NCc1ccc(C)cc1OCC1CCOC1. The van der Waals surface area contributed by atoms with Gasteiger partial charge in [-0.1, -0.05) is 12.1 Å². The van der Waals surface area contributed by atoms with Crippen LogP contribution in [0.2, 0.25) is 0 Å². The highest BCUT2D eigenvalue weighted by Crippen LogP contribution is 2.22. The minimum Gasteiger partial charge on any atom is -0.493 e. The van der Waals surface area contributed by atoms with Crippen molar-refractivity contribution in [3.63, 3.8) is 0 Å². The van der Waals surface area contributed by atoms with Gasteiger partial charge in [0.1, 0.15) is 5.75 Å². The molecule has 7 heteroatoms. The van der Waals surface area contributed by atoms with Crippen LogP contribution in [0.3, 0.4) is 0 Å². The number of benzene rings is 1. The Kier molecular flexibility index (Phi) is 9.90. The highest BCUT2D eigenvalue weighted by Gasteiger charge is 2.17.